The first-order valence-corrected chi connectivity index (χ1v) is 8.27. The maximum atomic E-state index is 12.1. The van der Waals surface area contributed by atoms with Gasteiger partial charge in [-0.1, -0.05) is 25.0 Å². The van der Waals surface area contributed by atoms with Crippen LogP contribution in [0.25, 0.3) is 0 Å². The van der Waals surface area contributed by atoms with Crippen molar-refractivity contribution in [3.63, 3.8) is 0 Å². The lowest BCUT2D eigenvalue weighted by Crippen LogP contribution is -2.30. The summed E-state index contributed by atoms with van der Waals surface area (Å²) in [6.07, 6.45) is 7.01. The van der Waals surface area contributed by atoms with Gasteiger partial charge in [0.05, 0.1) is 12.0 Å². The van der Waals surface area contributed by atoms with Crippen LogP contribution < -0.4 is 10.1 Å². The Bertz CT molecular complexity index is 682. The van der Waals surface area contributed by atoms with Crippen LogP contribution >= 0.6 is 0 Å². The SMILES string of the molecule is O=C(CC1(O)CCCC1)Nc1cccc(OCc2cccnc2)c1. The molecule has 1 fully saturated rings. The largest absolute Gasteiger partial charge is 0.489 e. The molecule has 1 amide bonds. The van der Waals surface area contributed by atoms with E-state index >= 15 is 0 Å². The molecule has 1 saturated carbocycles. The second kappa shape index (κ2) is 7.45. The Morgan fingerprint density at radius 3 is 2.83 bits per heavy atom. The van der Waals surface area contributed by atoms with E-state index in [4.69, 9.17) is 4.74 Å². The molecule has 1 aliphatic carbocycles. The van der Waals surface area contributed by atoms with E-state index in [1.165, 1.54) is 0 Å². The molecular formula is C19H22N2O3. The number of hydrogen-bond acceptors (Lipinski definition) is 4. The molecule has 1 aliphatic rings. The highest BCUT2D eigenvalue weighted by molar-refractivity contribution is 5.91. The van der Waals surface area contributed by atoms with Gasteiger partial charge in [-0.15, -0.1) is 0 Å². The van der Waals surface area contributed by atoms with Crippen molar-refractivity contribution in [3.05, 3.63) is 54.4 Å². The fourth-order valence-electron chi connectivity index (χ4n) is 3.03. The van der Waals surface area contributed by atoms with Crippen molar-refractivity contribution in [2.75, 3.05) is 5.32 Å². The molecule has 2 aromatic rings. The summed E-state index contributed by atoms with van der Waals surface area (Å²) in [5, 5.41) is 13.2. The smallest absolute Gasteiger partial charge is 0.227 e. The molecule has 1 heterocycles. The van der Waals surface area contributed by atoms with Crippen molar-refractivity contribution < 1.29 is 14.6 Å². The number of nitrogens with zero attached hydrogens (tertiary/aromatic N) is 1. The molecule has 1 aromatic heterocycles. The summed E-state index contributed by atoms with van der Waals surface area (Å²) < 4.78 is 5.73. The monoisotopic (exact) mass is 326 g/mol. The van der Waals surface area contributed by atoms with Crippen molar-refractivity contribution in [1.82, 2.24) is 4.98 Å². The molecule has 0 atom stereocenters. The van der Waals surface area contributed by atoms with Gasteiger partial charge < -0.3 is 15.2 Å². The Kier molecular flexibility index (Phi) is 5.11. The first-order valence-electron chi connectivity index (χ1n) is 8.27. The first-order chi connectivity index (χ1) is 11.6. The number of aliphatic hydroxyl groups is 1. The van der Waals surface area contributed by atoms with E-state index in [-0.39, 0.29) is 12.3 Å². The summed E-state index contributed by atoms with van der Waals surface area (Å²) in [5.74, 6) is 0.514. The Labute approximate surface area is 141 Å². The van der Waals surface area contributed by atoms with Crippen LogP contribution in [0.15, 0.2) is 48.8 Å². The number of nitrogens with one attached hydrogen (secondary N) is 1. The number of ether oxygens (including phenoxy) is 1. The van der Waals surface area contributed by atoms with Crippen LogP contribution in [0.2, 0.25) is 0 Å². The number of aromatic nitrogens is 1. The van der Waals surface area contributed by atoms with Crippen LogP contribution in [0.1, 0.15) is 37.7 Å². The summed E-state index contributed by atoms with van der Waals surface area (Å²) in [5.41, 5.74) is 0.819. The number of carbonyl (C=O) groups is 1. The summed E-state index contributed by atoms with van der Waals surface area (Å²) in [6, 6.07) is 11.1. The molecule has 5 heteroatoms. The van der Waals surface area contributed by atoms with Gasteiger partial charge in [0.15, 0.2) is 0 Å². The summed E-state index contributed by atoms with van der Waals surface area (Å²) in [6.45, 7) is 0.422. The van der Waals surface area contributed by atoms with E-state index in [2.05, 4.69) is 10.3 Å². The minimum absolute atomic E-state index is 0.147. The van der Waals surface area contributed by atoms with Gasteiger partial charge in [-0.2, -0.15) is 0 Å². The molecule has 0 spiro atoms. The maximum absolute atomic E-state index is 12.1. The minimum Gasteiger partial charge on any atom is -0.489 e. The highest BCUT2D eigenvalue weighted by atomic mass is 16.5. The van der Waals surface area contributed by atoms with Gasteiger partial charge in [-0.05, 0) is 31.0 Å². The summed E-state index contributed by atoms with van der Waals surface area (Å²) >= 11 is 0. The highest BCUT2D eigenvalue weighted by Gasteiger charge is 2.33. The zero-order valence-corrected chi connectivity index (χ0v) is 13.6. The Balaban J connectivity index is 1.55. The predicted octanol–water partition coefficient (Wildman–Crippen LogP) is 3.29. The molecular weight excluding hydrogens is 304 g/mol. The van der Waals surface area contributed by atoms with Crippen molar-refractivity contribution in [1.29, 1.82) is 0 Å². The van der Waals surface area contributed by atoms with Crippen LogP contribution in [-0.4, -0.2) is 21.6 Å². The Hall–Kier alpha value is -2.40. The van der Waals surface area contributed by atoms with Crippen LogP contribution in [0.5, 0.6) is 5.75 Å². The van der Waals surface area contributed by atoms with E-state index in [0.29, 0.717) is 30.9 Å². The Morgan fingerprint density at radius 1 is 1.25 bits per heavy atom. The molecule has 2 N–H and O–H groups in total. The average Bonchev–Trinajstić information content (AvgIpc) is 3.00. The van der Waals surface area contributed by atoms with E-state index in [1.807, 2.05) is 30.3 Å². The van der Waals surface area contributed by atoms with Gasteiger partial charge in [0.25, 0.3) is 0 Å². The van der Waals surface area contributed by atoms with Gasteiger partial charge in [-0.3, -0.25) is 9.78 Å². The quantitative estimate of drug-likeness (QED) is 0.854. The number of benzene rings is 1. The lowest BCUT2D eigenvalue weighted by atomic mass is 9.97. The predicted molar refractivity (Wildman–Crippen MR) is 91.7 cm³/mol. The maximum Gasteiger partial charge on any atom is 0.227 e. The molecule has 5 nitrogen and oxygen atoms in total. The number of carbonyl (C=O) groups excluding carboxylic acids is 1. The number of anilines is 1. The van der Waals surface area contributed by atoms with Gasteiger partial charge in [0.2, 0.25) is 5.91 Å². The molecule has 126 valence electrons. The van der Waals surface area contributed by atoms with Gasteiger partial charge >= 0.3 is 0 Å². The Morgan fingerprint density at radius 2 is 2.08 bits per heavy atom. The van der Waals surface area contributed by atoms with Crippen LogP contribution in [0.4, 0.5) is 5.69 Å². The molecule has 24 heavy (non-hydrogen) atoms. The summed E-state index contributed by atoms with van der Waals surface area (Å²) in [7, 11) is 0. The van der Waals surface area contributed by atoms with Gasteiger partial charge in [0, 0.05) is 29.7 Å². The molecule has 0 saturated heterocycles. The number of hydrogen-bond donors (Lipinski definition) is 2. The topological polar surface area (TPSA) is 71.5 Å². The molecule has 0 bridgehead atoms. The first kappa shape index (κ1) is 16.5. The average molecular weight is 326 g/mol. The number of rotatable bonds is 6. The van der Waals surface area contributed by atoms with Crippen LogP contribution in [-0.2, 0) is 11.4 Å². The molecule has 1 aromatic carbocycles. The van der Waals surface area contributed by atoms with Gasteiger partial charge in [-0.25, -0.2) is 0 Å². The van der Waals surface area contributed by atoms with E-state index in [1.54, 1.807) is 18.5 Å². The normalized spacial score (nSPS) is 15.9. The number of pyridine rings is 1. The van der Waals surface area contributed by atoms with Gasteiger partial charge in [0.1, 0.15) is 12.4 Å². The third-order valence-corrected chi connectivity index (χ3v) is 4.27. The highest BCUT2D eigenvalue weighted by Crippen LogP contribution is 2.32. The number of amides is 1. The molecule has 3 rings (SSSR count). The van der Waals surface area contributed by atoms with Crippen molar-refractivity contribution >= 4 is 11.6 Å². The molecule has 0 unspecified atom stereocenters. The van der Waals surface area contributed by atoms with Crippen molar-refractivity contribution in [3.8, 4) is 5.75 Å². The lowest BCUT2D eigenvalue weighted by molar-refractivity contribution is -0.120. The van der Waals surface area contributed by atoms with E-state index < -0.39 is 5.60 Å². The second-order valence-electron chi connectivity index (χ2n) is 6.33. The van der Waals surface area contributed by atoms with Crippen molar-refractivity contribution in [2.45, 2.75) is 44.3 Å². The van der Waals surface area contributed by atoms with E-state index in [0.717, 1.165) is 18.4 Å². The third-order valence-electron chi connectivity index (χ3n) is 4.27. The lowest BCUT2D eigenvalue weighted by Gasteiger charge is -2.21. The van der Waals surface area contributed by atoms with Crippen LogP contribution in [0, 0.1) is 0 Å². The summed E-state index contributed by atoms with van der Waals surface area (Å²) in [4.78, 5) is 16.2. The zero-order chi connectivity index (χ0) is 16.8. The fourth-order valence-corrected chi connectivity index (χ4v) is 3.03. The molecule has 0 radical (unpaired) electrons. The third kappa shape index (κ3) is 4.55. The van der Waals surface area contributed by atoms with E-state index in [9.17, 15) is 9.90 Å². The minimum atomic E-state index is -0.835. The fraction of sp³-hybridized carbons (Fsp3) is 0.368. The second-order valence-corrected chi connectivity index (χ2v) is 6.33. The van der Waals surface area contributed by atoms with Crippen molar-refractivity contribution in [2.24, 2.45) is 0 Å². The zero-order valence-electron chi connectivity index (χ0n) is 13.6. The standard InChI is InChI=1S/C19H22N2O3/c22-18(12-19(23)8-1-2-9-19)21-16-6-3-7-17(11-16)24-14-15-5-4-10-20-13-15/h3-7,10-11,13,23H,1-2,8-9,12,14H2,(H,21,22). The van der Waals surface area contributed by atoms with Crippen LogP contribution in [0.3, 0.4) is 0 Å². The molecule has 0 aliphatic heterocycles.